The van der Waals surface area contributed by atoms with Crippen molar-refractivity contribution < 1.29 is 19.7 Å². The SMILES string of the molecule is CC1(CSc2cc(O)c(O)c(SCC3(C)CC=CO3)c2)CC=CO1. The molecule has 1 aromatic rings. The minimum absolute atomic E-state index is 0.0658. The summed E-state index contributed by atoms with van der Waals surface area (Å²) >= 11 is 3.11. The summed E-state index contributed by atoms with van der Waals surface area (Å²) in [5, 5.41) is 20.2. The number of benzene rings is 1. The molecule has 24 heavy (non-hydrogen) atoms. The second kappa shape index (κ2) is 6.84. The van der Waals surface area contributed by atoms with Crippen LogP contribution < -0.4 is 0 Å². The van der Waals surface area contributed by atoms with E-state index in [-0.39, 0.29) is 22.7 Å². The Balaban J connectivity index is 1.66. The summed E-state index contributed by atoms with van der Waals surface area (Å²) in [7, 11) is 0. The Bertz CT molecular complexity index is 653. The Morgan fingerprint density at radius 3 is 2.08 bits per heavy atom. The van der Waals surface area contributed by atoms with Gasteiger partial charge in [-0.25, -0.2) is 0 Å². The topological polar surface area (TPSA) is 58.9 Å². The molecule has 3 rings (SSSR count). The van der Waals surface area contributed by atoms with Gasteiger partial charge in [-0.2, -0.15) is 0 Å². The Morgan fingerprint density at radius 2 is 1.54 bits per heavy atom. The molecule has 2 unspecified atom stereocenters. The Hall–Kier alpha value is -1.40. The predicted octanol–water partition coefficient (Wildman–Crippen LogP) is 4.67. The molecule has 1 aromatic carbocycles. The Morgan fingerprint density at radius 1 is 0.958 bits per heavy atom. The van der Waals surface area contributed by atoms with Crippen LogP contribution in [0.3, 0.4) is 0 Å². The summed E-state index contributed by atoms with van der Waals surface area (Å²) in [4.78, 5) is 1.59. The van der Waals surface area contributed by atoms with E-state index >= 15 is 0 Å². The minimum atomic E-state index is -0.257. The van der Waals surface area contributed by atoms with Crippen molar-refractivity contribution >= 4 is 23.5 Å². The van der Waals surface area contributed by atoms with Gasteiger partial charge in [-0.3, -0.25) is 0 Å². The van der Waals surface area contributed by atoms with E-state index in [1.165, 1.54) is 11.8 Å². The normalized spacial score (nSPS) is 28.1. The smallest absolute Gasteiger partial charge is 0.171 e. The maximum atomic E-state index is 10.1. The van der Waals surface area contributed by atoms with Gasteiger partial charge in [-0.15, -0.1) is 23.5 Å². The van der Waals surface area contributed by atoms with Crippen LogP contribution in [0.1, 0.15) is 26.7 Å². The van der Waals surface area contributed by atoms with E-state index in [1.54, 1.807) is 30.4 Å². The van der Waals surface area contributed by atoms with E-state index in [1.807, 2.05) is 25.1 Å². The zero-order valence-corrected chi connectivity index (χ0v) is 15.5. The highest BCUT2D eigenvalue weighted by Crippen LogP contribution is 2.43. The molecule has 0 aliphatic carbocycles. The predicted molar refractivity (Wildman–Crippen MR) is 97.7 cm³/mol. The third-order valence-corrected chi connectivity index (χ3v) is 6.80. The summed E-state index contributed by atoms with van der Waals surface area (Å²) in [5.74, 6) is 1.32. The molecule has 6 heteroatoms. The fourth-order valence-electron chi connectivity index (χ4n) is 2.53. The molecular weight excluding hydrogens is 344 g/mol. The van der Waals surface area contributed by atoms with Crippen LogP contribution in [0.2, 0.25) is 0 Å². The van der Waals surface area contributed by atoms with E-state index in [0.717, 1.165) is 23.5 Å². The van der Waals surface area contributed by atoms with E-state index in [9.17, 15) is 10.2 Å². The molecule has 2 aliphatic heterocycles. The number of phenolic OH excluding ortho intramolecular Hbond substituents is 2. The largest absolute Gasteiger partial charge is 0.504 e. The number of ether oxygens (including phenoxy) is 2. The van der Waals surface area contributed by atoms with Gasteiger partial charge < -0.3 is 19.7 Å². The molecule has 0 spiro atoms. The molecule has 0 amide bonds. The fourth-order valence-corrected chi connectivity index (χ4v) is 4.76. The van der Waals surface area contributed by atoms with Crippen molar-refractivity contribution in [2.24, 2.45) is 0 Å². The average Bonchev–Trinajstić information content (AvgIpc) is 3.17. The zero-order chi connectivity index (χ0) is 17.2. The van der Waals surface area contributed by atoms with Crippen LogP contribution in [0.4, 0.5) is 0 Å². The number of hydrogen-bond donors (Lipinski definition) is 2. The summed E-state index contributed by atoms with van der Waals surface area (Å²) in [6.45, 7) is 4.11. The highest BCUT2D eigenvalue weighted by molar-refractivity contribution is 8.00. The van der Waals surface area contributed by atoms with Gasteiger partial charge >= 0.3 is 0 Å². The summed E-state index contributed by atoms with van der Waals surface area (Å²) in [6.07, 6.45) is 9.22. The number of hydrogen-bond acceptors (Lipinski definition) is 6. The second-order valence-corrected chi connectivity index (χ2v) is 8.72. The van der Waals surface area contributed by atoms with Crippen molar-refractivity contribution in [1.82, 2.24) is 0 Å². The molecule has 0 saturated carbocycles. The molecule has 4 nitrogen and oxygen atoms in total. The lowest BCUT2D eigenvalue weighted by Crippen LogP contribution is -2.26. The van der Waals surface area contributed by atoms with Crippen LogP contribution >= 0.6 is 23.5 Å². The number of thioether (sulfide) groups is 2. The van der Waals surface area contributed by atoms with E-state index in [2.05, 4.69) is 6.92 Å². The van der Waals surface area contributed by atoms with Gasteiger partial charge in [0.15, 0.2) is 11.5 Å². The molecule has 130 valence electrons. The molecule has 0 bridgehead atoms. The minimum Gasteiger partial charge on any atom is -0.504 e. The van der Waals surface area contributed by atoms with Crippen LogP contribution in [0.25, 0.3) is 0 Å². The molecule has 2 atom stereocenters. The highest BCUT2D eigenvalue weighted by Gasteiger charge is 2.29. The number of aromatic hydroxyl groups is 2. The number of rotatable bonds is 6. The van der Waals surface area contributed by atoms with Gasteiger partial charge in [0.1, 0.15) is 11.2 Å². The molecule has 2 N–H and O–H groups in total. The molecule has 0 radical (unpaired) electrons. The van der Waals surface area contributed by atoms with Gasteiger partial charge in [-0.1, -0.05) is 0 Å². The lowest BCUT2D eigenvalue weighted by Gasteiger charge is -2.24. The molecule has 0 saturated heterocycles. The summed E-state index contributed by atoms with van der Waals surface area (Å²) in [6, 6.07) is 3.52. The standard InChI is InChI=1S/C18H22O4S2/c1-17(5-3-7-21-17)11-23-13-9-14(19)16(20)15(10-13)24-12-18(2)6-4-8-22-18/h3-4,7-10,19-20H,5-6,11-12H2,1-2H3. The summed E-state index contributed by atoms with van der Waals surface area (Å²) in [5.41, 5.74) is -0.463. The highest BCUT2D eigenvalue weighted by atomic mass is 32.2. The Labute approximate surface area is 150 Å². The van der Waals surface area contributed by atoms with Gasteiger partial charge in [0.25, 0.3) is 0 Å². The van der Waals surface area contributed by atoms with Gasteiger partial charge in [-0.05, 0) is 38.1 Å². The first kappa shape index (κ1) is 17.4. The first-order valence-electron chi connectivity index (χ1n) is 7.86. The van der Waals surface area contributed by atoms with Crippen molar-refractivity contribution in [3.8, 4) is 11.5 Å². The molecule has 2 heterocycles. The second-order valence-electron chi connectivity index (χ2n) is 6.65. The van der Waals surface area contributed by atoms with E-state index in [4.69, 9.17) is 9.47 Å². The van der Waals surface area contributed by atoms with Crippen molar-refractivity contribution in [2.75, 3.05) is 11.5 Å². The average molecular weight is 367 g/mol. The summed E-state index contributed by atoms with van der Waals surface area (Å²) < 4.78 is 11.2. The molecule has 0 aromatic heterocycles. The third kappa shape index (κ3) is 3.98. The lowest BCUT2D eigenvalue weighted by atomic mass is 10.1. The van der Waals surface area contributed by atoms with Crippen molar-refractivity contribution in [3.63, 3.8) is 0 Å². The third-order valence-electron chi connectivity index (χ3n) is 4.10. The number of phenols is 2. The quantitative estimate of drug-likeness (QED) is 0.564. The van der Waals surface area contributed by atoms with E-state index in [0.29, 0.717) is 10.6 Å². The first-order chi connectivity index (χ1) is 11.4. The van der Waals surface area contributed by atoms with E-state index < -0.39 is 0 Å². The zero-order valence-electron chi connectivity index (χ0n) is 13.8. The van der Waals surface area contributed by atoms with Gasteiger partial charge in [0, 0.05) is 29.2 Å². The van der Waals surface area contributed by atoms with Crippen LogP contribution in [0.15, 0.2) is 46.6 Å². The lowest BCUT2D eigenvalue weighted by molar-refractivity contribution is 0.0874. The van der Waals surface area contributed by atoms with Crippen molar-refractivity contribution in [1.29, 1.82) is 0 Å². The molecular formula is C18H22O4S2. The maximum Gasteiger partial charge on any atom is 0.171 e. The molecule has 2 aliphatic rings. The van der Waals surface area contributed by atoms with Crippen LogP contribution in [-0.4, -0.2) is 32.9 Å². The first-order valence-corrected chi connectivity index (χ1v) is 9.84. The van der Waals surface area contributed by atoms with Crippen LogP contribution in [-0.2, 0) is 9.47 Å². The molecule has 0 fully saturated rings. The van der Waals surface area contributed by atoms with Gasteiger partial charge in [0.05, 0.1) is 17.4 Å². The van der Waals surface area contributed by atoms with Crippen molar-refractivity contribution in [3.05, 3.63) is 36.8 Å². The maximum absolute atomic E-state index is 10.1. The monoisotopic (exact) mass is 366 g/mol. The van der Waals surface area contributed by atoms with Crippen molar-refractivity contribution in [2.45, 2.75) is 47.7 Å². The fraction of sp³-hybridized carbons (Fsp3) is 0.444. The van der Waals surface area contributed by atoms with Crippen LogP contribution in [0, 0.1) is 0 Å². The Kier molecular flexibility index (Phi) is 4.97. The van der Waals surface area contributed by atoms with Crippen LogP contribution in [0.5, 0.6) is 11.5 Å². The van der Waals surface area contributed by atoms with Gasteiger partial charge in [0.2, 0.25) is 0 Å².